The highest BCUT2D eigenvalue weighted by molar-refractivity contribution is 7.90. The number of carbonyl (C=O) groups excluding carboxylic acids is 1. The van der Waals surface area contributed by atoms with Gasteiger partial charge < -0.3 is 29.0 Å². The van der Waals surface area contributed by atoms with Crippen LogP contribution >= 0.6 is 0 Å². The van der Waals surface area contributed by atoms with Gasteiger partial charge in [0.15, 0.2) is 0 Å². The van der Waals surface area contributed by atoms with Crippen LogP contribution < -0.4 is 10.1 Å². The van der Waals surface area contributed by atoms with Crippen LogP contribution in [0, 0.1) is 0 Å². The number of nitrogens with one attached hydrogen (secondary N) is 1. The Bertz CT molecular complexity index is 1110. The zero-order chi connectivity index (χ0) is 26.8. The van der Waals surface area contributed by atoms with E-state index in [0.717, 1.165) is 13.1 Å². The average Bonchev–Trinajstić information content (AvgIpc) is 3.28. The van der Waals surface area contributed by atoms with Crippen LogP contribution in [0.1, 0.15) is 25.1 Å². The molecule has 2 aromatic rings. The summed E-state index contributed by atoms with van der Waals surface area (Å²) >= 11 is 0. The molecule has 1 aliphatic heterocycles. The molecule has 1 fully saturated rings. The van der Waals surface area contributed by atoms with Crippen molar-refractivity contribution in [2.45, 2.75) is 43.9 Å². The summed E-state index contributed by atoms with van der Waals surface area (Å²) in [5.74, 6) is 0.366. The number of carbonyl (C=O) groups is 1. The third-order valence-electron chi connectivity index (χ3n) is 6.03. The molecule has 1 N–H and O–H groups in total. The van der Waals surface area contributed by atoms with Crippen molar-refractivity contribution >= 4 is 15.9 Å². The number of rotatable bonds is 13. The van der Waals surface area contributed by atoms with Crippen molar-refractivity contribution in [1.82, 2.24) is 24.7 Å². The molecule has 0 unspecified atom stereocenters. The first-order valence-electron chi connectivity index (χ1n) is 12.5. The molecule has 1 saturated heterocycles. The highest BCUT2D eigenvalue weighted by Crippen LogP contribution is 2.21. The minimum absolute atomic E-state index is 0.0319. The van der Waals surface area contributed by atoms with Gasteiger partial charge in [-0.3, -0.25) is 4.90 Å². The highest BCUT2D eigenvalue weighted by Gasteiger charge is 2.26. The number of aromatic nitrogens is 2. The number of nitrogens with zero attached hydrogens (tertiary/aromatic N) is 4. The minimum Gasteiger partial charge on any atom is -0.497 e. The predicted octanol–water partition coefficient (Wildman–Crippen LogP) is 1.76. The molecule has 206 valence electrons. The molecule has 2 amide bonds. The smallest absolute Gasteiger partial charge is 0.317 e. The van der Waals surface area contributed by atoms with Gasteiger partial charge in [-0.2, -0.15) is 0 Å². The predicted molar refractivity (Wildman–Crippen MR) is 139 cm³/mol. The van der Waals surface area contributed by atoms with Crippen LogP contribution in [0.25, 0.3) is 0 Å². The van der Waals surface area contributed by atoms with Crippen LogP contribution in [0.3, 0.4) is 0 Å². The maximum atomic E-state index is 13.4. The number of imidazole rings is 1. The van der Waals surface area contributed by atoms with E-state index in [0.29, 0.717) is 56.5 Å². The molecule has 2 heterocycles. The standard InChI is InChI=1S/C25H39N5O6S/c1-20(2)27-24(31)29(9-8-28-10-14-36-15-11-28)18-22-17-26-25(30(22)12-13-34-3)37(32,33)19-21-6-5-7-23(16-21)35-4/h5-7,16-17,20H,8-15,18-19H2,1-4H3,(H,27,31). The van der Waals surface area contributed by atoms with Gasteiger partial charge >= 0.3 is 6.03 Å². The second-order valence-corrected chi connectivity index (χ2v) is 11.2. The first-order valence-corrected chi connectivity index (χ1v) is 14.1. The summed E-state index contributed by atoms with van der Waals surface area (Å²) in [7, 11) is -0.683. The Labute approximate surface area is 219 Å². The summed E-state index contributed by atoms with van der Waals surface area (Å²) in [6, 6.07) is 6.73. The molecule has 3 rings (SSSR count). The lowest BCUT2D eigenvalue weighted by Crippen LogP contribution is -2.47. The fourth-order valence-electron chi connectivity index (χ4n) is 4.11. The number of morpholine rings is 1. The molecule has 11 nitrogen and oxygen atoms in total. The van der Waals surface area contributed by atoms with Crippen LogP contribution in [0.15, 0.2) is 35.6 Å². The molecule has 0 atom stereocenters. The Kier molecular flexibility index (Phi) is 10.7. The second kappa shape index (κ2) is 13.8. The summed E-state index contributed by atoms with van der Waals surface area (Å²) in [4.78, 5) is 21.3. The van der Waals surface area contributed by atoms with Gasteiger partial charge in [0, 0.05) is 45.9 Å². The molecule has 1 aromatic heterocycles. The molecule has 0 saturated carbocycles. The first-order chi connectivity index (χ1) is 17.7. The number of amides is 2. The lowest BCUT2D eigenvalue weighted by atomic mass is 10.2. The fraction of sp³-hybridized carbons (Fsp3) is 0.600. The number of hydrogen-bond acceptors (Lipinski definition) is 8. The Morgan fingerprint density at radius 3 is 2.65 bits per heavy atom. The van der Waals surface area contributed by atoms with E-state index in [4.69, 9.17) is 14.2 Å². The van der Waals surface area contributed by atoms with Gasteiger partial charge in [0.25, 0.3) is 0 Å². The lowest BCUT2D eigenvalue weighted by molar-refractivity contribution is 0.0345. The molecular formula is C25H39N5O6S. The molecule has 0 spiro atoms. The van der Waals surface area contributed by atoms with Crippen molar-refractivity contribution in [2.75, 3.05) is 60.2 Å². The van der Waals surface area contributed by atoms with E-state index in [1.807, 2.05) is 13.8 Å². The summed E-state index contributed by atoms with van der Waals surface area (Å²) in [6.45, 7) is 8.80. The zero-order valence-electron chi connectivity index (χ0n) is 22.2. The fourth-order valence-corrected chi connectivity index (χ4v) is 5.61. The van der Waals surface area contributed by atoms with Crippen LogP contribution in [-0.4, -0.2) is 100 Å². The van der Waals surface area contributed by atoms with Gasteiger partial charge in [-0.15, -0.1) is 0 Å². The van der Waals surface area contributed by atoms with Gasteiger partial charge in [-0.1, -0.05) is 12.1 Å². The summed E-state index contributed by atoms with van der Waals surface area (Å²) in [5, 5.41) is 2.91. The normalized spacial score (nSPS) is 14.6. The molecule has 0 aliphatic carbocycles. The zero-order valence-corrected chi connectivity index (χ0v) is 23.0. The number of urea groups is 1. The van der Waals surface area contributed by atoms with E-state index < -0.39 is 9.84 Å². The van der Waals surface area contributed by atoms with Crippen molar-refractivity contribution in [3.05, 3.63) is 41.7 Å². The highest BCUT2D eigenvalue weighted by atomic mass is 32.2. The number of ether oxygens (including phenoxy) is 3. The molecule has 1 aromatic carbocycles. The summed E-state index contributed by atoms with van der Waals surface area (Å²) in [5.41, 5.74) is 1.23. The molecule has 1 aliphatic rings. The van der Waals surface area contributed by atoms with E-state index in [9.17, 15) is 13.2 Å². The van der Waals surface area contributed by atoms with E-state index in [1.165, 1.54) is 7.11 Å². The Morgan fingerprint density at radius 2 is 1.97 bits per heavy atom. The van der Waals surface area contributed by atoms with E-state index >= 15 is 0 Å². The Balaban J connectivity index is 1.85. The molecule has 12 heteroatoms. The third kappa shape index (κ3) is 8.42. The third-order valence-corrected chi connectivity index (χ3v) is 7.63. The summed E-state index contributed by atoms with van der Waals surface area (Å²) < 4.78 is 44.4. The summed E-state index contributed by atoms with van der Waals surface area (Å²) in [6.07, 6.45) is 1.54. The monoisotopic (exact) mass is 537 g/mol. The van der Waals surface area contributed by atoms with Crippen LogP contribution in [0.2, 0.25) is 0 Å². The number of sulfone groups is 1. The molecule has 37 heavy (non-hydrogen) atoms. The van der Waals surface area contributed by atoms with Crippen molar-refractivity contribution in [1.29, 1.82) is 0 Å². The molecule has 0 radical (unpaired) electrons. The topological polar surface area (TPSA) is 115 Å². The quantitative estimate of drug-likeness (QED) is 0.411. The SMILES string of the molecule is COCCn1c(CN(CCN2CCOCC2)C(=O)NC(C)C)cnc1S(=O)(=O)Cc1cccc(OC)c1. The van der Waals surface area contributed by atoms with Crippen molar-refractivity contribution < 1.29 is 27.4 Å². The van der Waals surface area contributed by atoms with Gasteiger partial charge in [-0.05, 0) is 31.5 Å². The first kappa shape index (κ1) is 28.9. The number of hydrogen-bond donors (Lipinski definition) is 1. The maximum Gasteiger partial charge on any atom is 0.317 e. The Morgan fingerprint density at radius 1 is 1.22 bits per heavy atom. The largest absolute Gasteiger partial charge is 0.497 e. The van der Waals surface area contributed by atoms with Crippen molar-refractivity contribution in [3.8, 4) is 5.75 Å². The van der Waals surface area contributed by atoms with Crippen LogP contribution in [0.5, 0.6) is 5.75 Å². The second-order valence-electron chi connectivity index (χ2n) is 9.27. The van der Waals surface area contributed by atoms with E-state index in [2.05, 4.69) is 15.2 Å². The van der Waals surface area contributed by atoms with E-state index in [1.54, 1.807) is 47.0 Å². The van der Waals surface area contributed by atoms with Gasteiger partial charge in [0.2, 0.25) is 15.0 Å². The Hall–Kier alpha value is -2.67. The van der Waals surface area contributed by atoms with Crippen LogP contribution in [0.4, 0.5) is 4.79 Å². The van der Waals surface area contributed by atoms with Gasteiger partial charge in [-0.25, -0.2) is 18.2 Å². The van der Waals surface area contributed by atoms with Crippen molar-refractivity contribution in [3.63, 3.8) is 0 Å². The molecule has 0 bridgehead atoms. The number of benzene rings is 1. The van der Waals surface area contributed by atoms with Crippen molar-refractivity contribution in [2.24, 2.45) is 0 Å². The molecular weight excluding hydrogens is 498 g/mol. The number of methoxy groups -OCH3 is 2. The van der Waals surface area contributed by atoms with E-state index in [-0.39, 0.29) is 29.5 Å². The van der Waals surface area contributed by atoms with Crippen LogP contribution in [-0.2, 0) is 38.2 Å². The maximum absolute atomic E-state index is 13.4. The average molecular weight is 538 g/mol. The lowest BCUT2D eigenvalue weighted by Gasteiger charge is -2.30. The minimum atomic E-state index is -3.78. The van der Waals surface area contributed by atoms with Gasteiger partial charge in [0.1, 0.15) is 5.75 Å². The van der Waals surface area contributed by atoms with Gasteiger partial charge in [0.05, 0.1) is 51.1 Å².